The number of aromatic amines is 1. The third-order valence-corrected chi connectivity index (χ3v) is 3.31. The van der Waals surface area contributed by atoms with Gasteiger partial charge >= 0.3 is 0 Å². The number of carbonyl (C=O) groups is 1. The van der Waals surface area contributed by atoms with Crippen molar-refractivity contribution < 1.29 is 4.79 Å². The number of halogens is 1. The van der Waals surface area contributed by atoms with Gasteiger partial charge in [0.2, 0.25) is 5.91 Å². The summed E-state index contributed by atoms with van der Waals surface area (Å²) in [5.41, 5.74) is 5.46. The summed E-state index contributed by atoms with van der Waals surface area (Å²) in [7, 11) is 0. The molecule has 4 N–H and O–H groups in total. The molecule has 1 aliphatic carbocycles. The van der Waals surface area contributed by atoms with E-state index < -0.39 is 5.54 Å². The Morgan fingerprint density at radius 2 is 2.17 bits per heavy atom. The fraction of sp³-hybridized carbons (Fsp3) is 0.727. The van der Waals surface area contributed by atoms with Crippen molar-refractivity contribution >= 4 is 18.3 Å². The lowest BCUT2D eigenvalue weighted by molar-refractivity contribution is -0.127. The molecule has 1 heterocycles. The first kappa shape index (κ1) is 14.9. The molecule has 1 fully saturated rings. The minimum atomic E-state index is -0.653. The first-order chi connectivity index (χ1) is 8.21. The highest BCUT2D eigenvalue weighted by Gasteiger charge is 2.34. The van der Waals surface area contributed by atoms with Crippen molar-refractivity contribution in [2.75, 3.05) is 6.54 Å². The molecule has 0 radical (unpaired) electrons. The second-order valence-electron chi connectivity index (χ2n) is 4.65. The Balaban J connectivity index is 0.00000162. The van der Waals surface area contributed by atoms with Gasteiger partial charge in [-0.3, -0.25) is 9.89 Å². The highest BCUT2D eigenvalue weighted by atomic mass is 35.5. The Labute approximate surface area is 113 Å². The van der Waals surface area contributed by atoms with E-state index in [1.165, 1.54) is 12.7 Å². The summed E-state index contributed by atoms with van der Waals surface area (Å²) in [6.45, 7) is 0.549. The standard InChI is InChI=1S/C11H19N5O.ClH/c12-11(5-2-1-3-6-11)10(17)13-7-4-9-14-8-15-16-9;/h8H,1-7,12H2,(H,13,17)(H,14,15,16);1H. The van der Waals surface area contributed by atoms with Crippen LogP contribution >= 0.6 is 12.4 Å². The van der Waals surface area contributed by atoms with E-state index in [-0.39, 0.29) is 18.3 Å². The van der Waals surface area contributed by atoms with Gasteiger partial charge in [0, 0.05) is 13.0 Å². The van der Waals surface area contributed by atoms with E-state index in [9.17, 15) is 4.79 Å². The van der Waals surface area contributed by atoms with Gasteiger partial charge in [0.1, 0.15) is 12.2 Å². The van der Waals surface area contributed by atoms with Gasteiger partial charge < -0.3 is 11.1 Å². The summed E-state index contributed by atoms with van der Waals surface area (Å²) in [6, 6.07) is 0. The van der Waals surface area contributed by atoms with Gasteiger partial charge in [0.15, 0.2) is 0 Å². The van der Waals surface area contributed by atoms with Gasteiger partial charge in [-0.15, -0.1) is 12.4 Å². The maximum atomic E-state index is 12.0. The number of rotatable bonds is 4. The summed E-state index contributed by atoms with van der Waals surface area (Å²) in [6.07, 6.45) is 6.98. The molecule has 1 amide bonds. The van der Waals surface area contributed by atoms with E-state index in [0.29, 0.717) is 13.0 Å². The van der Waals surface area contributed by atoms with Gasteiger partial charge in [0.05, 0.1) is 5.54 Å². The lowest BCUT2D eigenvalue weighted by Crippen LogP contribution is -2.55. The summed E-state index contributed by atoms with van der Waals surface area (Å²) in [5, 5.41) is 9.39. The monoisotopic (exact) mass is 273 g/mol. The van der Waals surface area contributed by atoms with Crippen LogP contribution in [0.15, 0.2) is 6.33 Å². The smallest absolute Gasteiger partial charge is 0.240 e. The summed E-state index contributed by atoms with van der Waals surface area (Å²) in [5.74, 6) is 0.747. The molecule has 0 unspecified atom stereocenters. The first-order valence-corrected chi connectivity index (χ1v) is 6.12. The Hall–Kier alpha value is -1.14. The molecule has 102 valence electrons. The van der Waals surface area contributed by atoms with Gasteiger partial charge in [-0.1, -0.05) is 19.3 Å². The molecule has 0 aromatic carbocycles. The molecule has 1 aromatic heterocycles. The molecule has 0 atom stereocenters. The highest BCUT2D eigenvalue weighted by Crippen LogP contribution is 2.25. The number of aromatic nitrogens is 3. The highest BCUT2D eigenvalue weighted by molar-refractivity contribution is 5.86. The molecule has 6 nitrogen and oxygen atoms in total. The number of amides is 1. The van der Waals surface area contributed by atoms with Crippen LogP contribution in [0, 0.1) is 0 Å². The maximum absolute atomic E-state index is 12.0. The number of nitrogens with two attached hydrogens (primary N) is 1. The van der Waals surface area contributed by atoms with E-state index in [1.807, 2.05) is 0 Å². The molecule has 1 aliphatic rings. The molecule has 0 saturated heterocycles. The Morgan fingerprint density at radius 1 is 1.44 bits per heavy atom. The summed E-state index contributed by atoms with van der Waals surface area (Å²) < 4.78 is 0. The SMILES string of the molecule is Cl.NC1(C(=O)NCCc2ncn[nH]2)CCCCC1. The van der Waals surface area contributed by atoms with Crippen molar-refractivity contribution in [3.8, 4) is 0 Å². The molecule has 0 bridgehead atoms. The van der Waals surface area contributed by atoms with Crippen molar-refractivity contribution in [1.82, 2.24) is 20.5 Å². The van der Waals surface area contributed by atoms with Crippen molar-refractivity contribution in [3.05, 3.63) is 12.2 Å². The van der Waals surface area contributed by atoms with Crippen molar-refractivity contribution in [3.63, 3.8) is 0 Å². The van der Waals surface area contributed by atoms with E-state index in [1.54, 1.807) is 0 Å². The molecule has 1 aromatic rings. The van der Waals surface area contributed by atoms with Gasteiger partial charge in [-0.2, -0.15) is 5.10 Å². The van der Waals surface area contributed by atoms with Crippen LogP contribution in [-0.4, -0.2) is 33.2 Å². The van der Waals surface area contributed by atoms with Crippen LogP contribution in [-0.2, 0) is 11.2 Å². The minimum Gasteiger partial charge on any atom is -0.354 e. The Kier molecular flexibility index (Phi) is 5.55. The first-order valence-electron chi connectivity index (χ1n) is 6.12. The fourth-order valence-electron chi connectivity index (χ4n) is 2.23. The largest absolute Gasteiger partial charge is 0.354 e. The number of carbonyl (C=O) groups excluding carboxylic acids is 1. The third-order valence-electron chi connectivity index (χ3n) is 3.31. The third kappa shape index (κ3) is 3.68. The molecule has 2 rings (SSSR count). The van der Waals surface area contributed by atoms with E-state index in [4.69, 9.17) is 5.73 Å². The number of nitrogens with one attached hydrogen (secondary N) is 2. The van der Waals surface area contributed by atoms with Crippen molar-refractivity contribution in [2.45, 2.75) is 44.1 Å². The summed E-state index contributed by atoms with van der Waals surface area (Å²) in [4.78, 5) is 16.0. The molecular weight excluding hydrogens is 254 g/mol. The van der Waals surface area contributed by atoms with Crippen molar-refractivity contribution in [2.24, 2.45) is 5.73 Å². The Morgan fingerprint density at radius 3 is 2.78 bits per heavy atom. The number of hydrogen-bond donors (Lipinski definition) is 3. The molecule has 0 aliphatic heterocycles. The topological polar surface area (TPSA) is 96.7 Å². The van der Waals surface area contributed by atoms with Crippen LogP contribution in [0.3, 0.4) is 0 Å². The van der Waals surface area contributed by atoms with Crippen molar-refractivity contribution in [1.29, 1.82) is 0 Å². The fourth-order valence-corrected chi connectivity index (χ4v) is 2.23. The zero-order valence-corrected chi connectivity index (χ0v) is 11.1. The van der Waals surface area contributed by atoms with Gasteiger partial charge in [0.25, 0.3) is 0 Å². The maximum Gasteiger partial charge on any atom is 0.240 e. The Bertz CT molecular complexity index is 362. The van der Waals surface area contributed by atoms with Crippen LogP contribution < -0.4 is 11.1 Å². The molecule has 18 heavy (non-hydrogen) atoms. The molecule has 1 saturated carbocycles. The average molecular weight is 274 g/mol. The van der Waals surface area contributed by atoms with Crippen LogP contribution in [0.2, 0.25) is 0 Å². The van der Waals surface area contributed by atoms with Gasteiger partial charge in [-0.05, 0) is 12.8 Å². The minimum absolute atomic E-state index is 0. The number of nitrogens with zero attached hydrogens (tertiary/aromatic N) is 2. The van der Waals surface area contributed by atoms with E-state index in [2.05, 4.69) is 20.5 Å². The second kappa shape index (κ2) is 6.70. The zero-order chi connectivity index (χ0) is 12.1. The summed E-state index contributed by atoms with van der Waals surface area (Å²) >= 11 is 0. The lowest BCUT2D eigenvalue weighted by atomic mass is 9.82. The average Bonchev–Trinajstić information content (AvgIpc) is 2.83. The van der Waals surface area contributed by atoms with Crippen LogP contribution in [0.25, 0.3) is 0 Å². The van der Waals surface area contributed by atoms with Crippen LogP contribution in [0.4, 0.5) is 0 Å². The predicted octanol–water partition coefficient (Wildman–Crippen LogP) is 0.547. The van der Waals surface area contributed by atoms with Crippen LogP contribution in [0.1, 0.15) is 37.9 Å². The lowest BCUT2D eigenvalue weighted by Gasteiger charge is -2.31. The quantitative estimate of drug-likeness (QED) is 0.746. The van der Waals surface area contributed by atoms with E-state index >= 15 is 0 Å². The van der Waals surface area contributed by atoms with Gasteiger partial charge in [-0.25, -0.2) is 4.98 Å². The molecule has 7 heteroatoms. The zero-order valence-electron chi connectivity index (χ0n) is 10.3. The number of hydrogen-bond acceptors (Lipinski definition) is 4. The van der Waals surface area contributed by atoms with Crippen LogP contribution in [0.5, 0.6) is 0 Å². The normalized spacial score (nSPS) is 17.8. The predicted molar refractivity (Wildman–Crippen MR) is 70.3 cm³/mol. The van der Waals surface area contributed by atoms with E-state index in [0.717, 1.165) is 31.5 Å². The second-order valence-corrected chi connectivity index (χ2v) is 4.65. The number of H-pyrrole nitrogens is 1. The molecular formula is C11H20ClN5O. The molecule has 0 spiro atoms.